The molecular formula is C18H19O4P. The number of para-hydroxylation sites is 2. The minimum atomic E-state index is -4.31. The van der Waals surface area contributed by atoms with Gasteiger partial charge in [0.25, 0.3) is 0 Å². The second-order valence-corrected chi connectivity index (χ2v) is 6.15. The van der Waals surface area contributed by atoms with Crippen molar-refractivity contribution in [2.45, 2.75) is 12.8 Å². The van der Waals surface area contributed by atoms with Crippen molar-refractivity contribution in [3.8, 4) is 11.5 Å². The van der Waals surface area contributed by atoms with Crippen molar-refractivity contribution in [2.24, 2.45) is 0 Å². The zero-order chi connectivity index (χ0) is 16.7. The van der Waals surface area contributed by atoms with Crippen LogP contribution in [0.5, 0.6) is 11.5 Å². The minimum absolute atomic E-state index is 0.305. The largest absolute Gasteiger partial charge is 0.584 e. The summed E-state index contributed by atoms with van der Waals surface area (Å²) in [5, 5.41) is 0. The van der Waals surface area contributed by atoms with Gasteiger partial charge in [0.1, 0.15) is 11.5 Å². The van der Waals surface area contributed by atoms with Gasteiger partial charge in [-0.05, 0) is 36.1 Å². The Morgan fingerprint density at radius 1 is 0.870 bits per heavy atom. The van der Waals surface area contributed by atoms with E-state index in [1.165, 1.54) is 0 Å². The molecule has 2 rings (SSSR count). The van der Waals surface area contributed by atoms with Crippen LogP contribution in [0, 0.1) is 0 Å². The van der Waals surface area contributed by atoms with Crippen molar-refractivity contribution >= 4 is 7.82 Å². The van der Waals surface area contributed by atoms with Gasteiger partial charge in [-0.1, -0.05) is 48.6 Å². The predicted octanol–water partition coefficient (Wildman–Crippen LogP) is 4.70. The zero-order valence-corrected chi connectivity index (χ0v) is 13.6. The molecule has 0 heterocycles. The molecule has 0 aromatic heterocycles. The second kappa shape index (κ2) is 7.82. The first-order valence-corrected chi connectivity index (χ1v) is 8.65. The molecular weight excluding hydrogens is 311 g/mol. The van der Waals surface area contributed by atoms with Gasteiger partial charge in [0.05, 0.1) is 0 Å². The molecule has 120 valence electrons. The molecule has 0 spiro atoms. The number of rotatable bonds is 8. The number of hydrogen-bond acceptors (Lipinski definition) is 3. The molecule has 0 bridgehead atoms. The van der Waals surface area contributed by atoms with Gasteiger partial charge < -0.3 is 9.05 Å². The van der Waals surface area contributed by atoms with E-state index in [2.05, 4.69) is 13.2 Å². The van der Waals surface area contributed by atoms with E-state index >= 15 is 0 Å². The van der Waals surface area contributed by atoms with Crippen LogP contribution in [0.15, 0.2) is 73.8 Å². The Morgan fingerprint density at radius 2 is 1.26 bits per heavy atom. The molecule has 2 aromatic carbocycles. The zero-order valence-electron chi connectivity index (χ0n) is 12.7. The third-order valence-corrected chi connectivity index (χ3v) is 3.96. The molecule has 0 atom stereocenters. The van der Waals surface area contributed by atoms with Crippen LogP contribution < -0.4 is 9.05 Å². The Hall–Kier alpha value is -2.29. The fourth-order valence-corrected chi connectivity index (χ4v) is 2.99. The lowest BCUT2D eigenvalue weighted by molar-refractivity contribution is 0.289. The van der Waals surface area contributed by atoms with Crippen LogP contribution in [0.4, 0.5) is 0 Å². The van der Waals surface area contributed by atoms with Crippen molar-refractivity contribution < 1.29 is 18.5 Å². The second-order valence-electron chi connectivity index (χ2n) is 4.85. The van der Waals surface area contributed by atoms with Gasteiger partial charge in [-0.3, -0.25) is 4.89 Å². The molecule has 23 heavy (non-hydrogen) atoms. The number of benzene rings is 2. The summed E-state index contributed by atoms with van der Waals surface area (Å²) in [6, 6.07) is 14.0. The van der Waals surface area contributed by atoms with E-state index in [9.17, 15) is 9.46 Å². The summed E-state index contributed by atoms with van der Waals surface area (Å²) in [4.78, 5) is 10.1. The summed E-state index contributed by atoms with van der Waals surface area (Å²) in [5.74, 6) is 0.610. The summed E-state index contributed by atoms with van der Waals surface area (Å²) < 4.78 is 22.8. The molecule has 5 heteroatoms. The van der Waals surface area contributed by atoms with E-state index in [1.54, 1.807) is 36.4 Å². The van der Waals surface area contributed by atoms with Crippen LogP contribution in [0.3, 0.4) is 0 Å². The van der Waals surface area contributed by atoms with Crippen LogP contribution in [0.2, 0.25) is 0 Å². The molecule has 0 amide bonds. The first-order chi connectivity index (χ1) is 11.1. The number of allylic oxidation sites excluding steroid dienone is 2. The third kappa shape index (κ3) is 4.85. The van der Waals surface area contributed by atoms with Crippen LogP contribution in [-0.2, 0) is 17.4 Å². The Morgan fingerprint density at radius 3 is 1.65 bits per heavy atom. The number of phosphoric ester groups is 1. The fraction of sp³-hybridized carbons (Fsp3) is 0.111. The van der Waals surface area contributed by atoms with Crippen molar-refractivity contribution in [3.05, 3.63) is 85.0 Å². The molecule has 0 aliphatic heterocycles. The third-order valence-electron chi connectivity index (χ3n) is 3.10. The predicted molar refractivity (Wildman–Crippen MR) is 91.8 cm³/mol. The highest BCUT2D eigenvalue weighted by Crippen LogP contribution is 2.46. The van der Waals surface area contributed by atoms with E-state index in [-0.39, 0.29) is 0 Å². The van der Waals surface area contributed by atoms with Crippen molar-refractivity contribution in [3.63, 3.8) is 0 Å². The van der Waals surface area contributed by atoms with Gasteiger partial charge in [0, 0.05) is 0 Å². The maximum absolute atomic E-state index is 12.3. The fourth-order valence-electron chi connectivity index (χ4n) is 2.10. The monoisotopic (exact) mass is 330 g/mol. The highest BCUT2D eigenvalue weighted by Gasteiger charge is 2.27. The molecule has 1 N–H and O–H groups in total. The summed E-state index contributed by atoms with van der Waals surface area (Å²) in [7, 11) is -4.31. The normalized spacial score (nSPS) is 10.8. The lowest BCUT2D eigenvalue weighted by Gasteiger charge is -2.17. The molecule has 0 aliphatic rings. The van der Waals surface area contributed by atoms with Gasteiger partial charge in [-0.25, -0.2) is 4.57 Å². The Labute approximate surface area is 136 Å². The molecule has 0 aliphatic carbocycles. The standard InChI is InChI=1S/C18H19O4P/c1-3-9-15-11-5-7-13-17(15)21-23(19,20)22-18-14-8-6-12-16(18)10-4-2/h3-8,11-14H,1-2,9-10H2,(H,19,20). The van der Waals surface area contributed by atoms with Gasteiger partial charge in [-0.2, -0.15) is 0 Å². The highest BCUT2D eigenvalue weighted by molar-refractivity contribution is 7.48. The first-order valence-electron chi connectivity index (χ1n) is 7.15. The van der Waals surface area contributed by atoms with Gasteiger partial charge in [-0.15, -0.1) is 13.2 Å². The van der Waals surface area contributed by atoms with Crippen LogP contribution in [0.1, 0.15) is 11.1 Å². The van der Waals surface area contributed by atoms with Gasteiger partial charge >= 0.3 is 7.82 Å². The SMILES string of the molecule is C=CCc1ccccc1OP(=O)(O)Oc1ccccc1CC=C. The summed E-state index contributed by atoms with van der Waals surface area (Å²) in [6.07, 6.45) is 4.46. The van der Waals surface area contributed by atoms with Crippen LogP contribution in [-0.4, -0.2) is 4.89 Å². The Kier molecular flexibility index (Phi) is 5.80. The highest BCUT2D eigenvalue weighted by atomic mass is 31.2. The lowest BCUT2D eigenvalue weighted by atomic mass is 10.1. The quantitative estimate of drug-likeness (QED) is 0.563. The maximum atomic E-state index is 12.3. The van der Waals surface area contributed by atoms with E-state index < -0.39 is 7.82 Å². The van der Waals surface area contributed by atoms with E-state index in [0.29, 0.717) is 24.3 Å². The summed E-state index contributed by atoms with van der Waals surface area (Å²) in [6.45, 7) is 7.33. The first kappa shape index (κ1) is 17.1. The maximum Gasteiger partial charge on any atom is 0.584 e. The average molecular weight is 330 g/mol. The minimum Gasteiger partial charge on any atom is -0.395 e. The molecule has 0 saturated carbocycles. The average Bonchev–Trinajstić information content (AvgIpc) is 2.51. The topological polar surface area (TPSA) is 55.8 Å². The molecule has 4 nitrogen and oxygen atoms in total. The molecule has 0 radical (unpaired) electrons. The van der Waals surface area contributed by atoms with E-state index in [4.69, 9.17) is 9.05 Å². The summed E-state index contributed by atoms with van der Waals surface area (Å²) >= 11 is 0. The molecule has 0 unspecified atom stereocenters. The smallest absolute Gasteiger partial charge is 0.395 e. The van der Waals surface area contributed by atoms with Gasteiger partial charge in [0.15, 0.2) is 0 Å². The van der Waals surface area contributed by atoms with Crippen LogP contribution in [0.25, 0.3) is 0 Å². The number of hydrogen-bond donors (Lipinski definition) is 1. The molecule has 0 saturated heterocycles. The molecule has 0 fully saturated rings. The Bertz CT molecular complexity index is 680. The molecule has 2 aromatic rings. The van der Waals surface area contributed by atoms with Crippen molar-refractivity contribution in [2.75, 3.05) is 0 Å². The lowest BCUT2D eigenvalue weighted by Crippen LogP contribution is -2.03. The van der Waals surface area contributed by atoms with Crippen molar-refractivity contribution in [1.82, 2.24) is 0 Å². The van der Waals surface area contributed by atoms with Crippen molar-refractivity contribution in [1.29, 1.82) is 0 Å². The van der Waals surface area contributed by atoms with Gasteiger partial charge in [0.2, 0.25) is 0 Å². The van der Waals surface area contributed by atoms with Crippen LogP contribution >= 0.6 is 7.82 Å². The van der Waals surface area contributed by atoms with E-state index in [1.807, 2.05) is 24.3 Å². The summed E-state index contributed by atoms with van der Waals surface area (Å²) in [5.41, 5.74) is 1.53. The number of phosphoric acid groups is 1. The van der Waals surface area contributed by atoms with E-state index in [0.717, 1.165) is 11.1 Å². The Balaban J connectivity index is 2.22.